The fourth-order valence-electron chi connectivity index (χ4n) is 3.04. The predicted octanol–water partition coefficient (Wildman–Crippen LogP) is 3.27. The molecule has 3 rings (SSSR count). The normalized spacial score (nSPS) is 15.3. The summed E-state index contributed by atoms with van der Waals surface area (Å²) in [4.78, 5) is 25.4. The van der Waals surface area contributed by atoms with Crippen LogP contribution in [0.3, 0.4) is 0 Å². The van der Waals surface area contributed by atoms with E-state index in [2.05, 4.69) is 5.32 Å². The monoisotopic (exact) mass is 387 g/mol. The highest BCUT2D eigenvalue weighted by molar-refractivity contribution is 6.32. The molecule has 1 saturated heterocycles. The van der Waals surface area contributed by atoms with Crippen molar-refractivity contribution in [2.45, 2.75) is 12.8 Å². The lowest BCUT2D eigenvalue weighted by Gasteiger charge is -2.29. The molecule has 2 aromatic carbocycles. The van der Waals surface area contributed by atoms with E-state index in [9.17, 15) is 9.59 Å². The lowest BCUT2D eigenvalue weighted by atomic mass is 9.96. The van der Waals surface area contributed by atoms with Crippen LogP contribution in [0.15, 0.2) is 48.5 Å². The van der Waals surface area contributed by atoms with Crippen molar-refractivity contribution in [1.29, 1.82) is 0 Å². The molecule has 1 aliphatic rings. The number of likely N-dealkylation sites (tertiary alicyclic amines) is 1. The Morgan fingerprint density at radius 3 is 2.41 bits per heavy atom. The summed E-state index contributed by atoms with van der Waals surface area (Å²) in [5.41, 5.74) is 6.02. The van der Waals surface area contributed by atoms with Gasteiger partial charge in [-0.05, 0) is 62.3 Å². The first-order chi connectivity index (χ1) is 13.0. The van der Waals surface area contributed by atoms with Gasteiger partial charge in [0.15, 0.2) is 0 Å². The summed E-state index contributed by atoms with van der Waals surface area (Å²) in [6, 6.07) is 14.4. The van der Waals surface area contributed by atoms with Gasteiger partial charge in [-0.2, -0.15) is 0 Å². The number of piperidine rings is 1. The van der Waals surface area contributed by atoms with Gasteiger partial charge >= 0.3 is 0 Å². The number of anilines is 1. The van der Waals surface area contributed by atoms with Gasteiger partial charge in [0.25, 0.3) is 0 Å². The minimum Gasteiger partial charge on any atom is -0.456 e. The number of hydrogen-bond donors (Lipinski definition) is 2. The van der Waals surface area contributed by atoms with Crippen LogP contribution in [0, 0.1) is 5.92 Å². The topological polar surface area (TPSA) is 84.7 Å². The Kier molecular flexibility index (Phi) is 6.32. The van der Waals surface area contributed by atoms with Gasteiger partial charge in [0.05, 0.1) is 11.6 Å². The van der Waals surface area contributed by atoms with Crippen LogP contribution >= 0.6 is 11.6 Å². The molecule has 0 saturated carbocycles. The fourth-order valence-corrected chi connectivity index (χ4v) is 3.21. The van der Waals surface area contributed by atoms with Gasteiger partial charge in [-0.1, -0.05) is 23.7 Å². The van der Waals surface area contributed by atoms with E-state index < -0.39 is 0 Å². The van der Waals surface area contributed by atoms with Gasteiger partial charge in [-0.15, -0.1) is 0 Å². The van der Waals surface area contributed by atoms with Gasteiger partial charge in [0.2, 0.25) is 11.8 Å². The highest BCUT2D eigenvalue weighted by Gasteiger charge is 2.24. The highest BCUT2D eigenvalue weighted by Crippen LogP contribution is 2.29. The number of nitrogens with zero attached hydrogens (tertiary/aromatic N) is 1. The molecule has 1 fully saturated rings. The molecule has 0 aromatic heterocycles. The third-order valence-electron chi connectivity index (χ3n) is 4.56. The summed E-state index contributed by atoms with van der Waals surface area (Å²) in [5.74, 6) is 0.797. The van der Waals surface area contributed by atoms with Crippen LogP contribution in [0.25, 0.3) is 0 Å². The van der Waals surface area contributed by atoms with E-state index >= 15 is 0 Å². The maximum absolute atomic E-state index is 12.2. The van der Waals surface area contributed by atoms with Crippen LogP contribution in [0.2, 0.25) is 5.02 Å². The van der Waals surface area contributed by atoms with Crippen molar-refractivity contribution in [2.24, 2.45) is 11.7 Å². The van der Waals surface area contributed by atoms with Crippen molar-refractivity contribution in [3.8, 4) is 11.5 Å². The van der Waals surface area contributed by atoms with E-state index in [1.807, 2.05) is 17.0 Å². The number of para-hydroxylation sites is 1. The van der Waals surface area contributed by atoms with E-state index in [1.165, 1.54) is 0 Å². The second-order valence-electron chi connectivity index (χ2n) is 6.56. The molecule has 2 amide bonds. The van der Waals surface area contributed by atoms with Gasteiger partial charge in [0, 0.05) is 11.6 Å². The lowest BCUT2D eigenvalue weighted by Crippen LogP contribution is -2.42. The number of ether oxygens (including phenoxy) is 1. The van der Waals surface area contributed by atoms with Gasteiger partial charge in [-0.25, -0.2) is 0 Å². The number of carbonyl (C=O) groups excluding carboxylic acids is 2. The maximum atomic E-state index is 12.2. The van der Waals surface area contributed by atoms with E-state index in [1.54, 1.807) is 36.4 Å². The SMILES string of the molecule is NC(=O)C1CCN(CC(=O)Nc2ccc(Oc3ccccc3Cl)cc2)CC1. The number of hydrogen-bond acceptors (Lipinski definition) is 4. The summed E-state index contributed by atoms with van der Waals surface area (Å²) in [5, 5.41) is 3.41. The zero-order chi connectivity index (χ0) is 19.2. The predicted molar refractivity (Wildman–Crippen MR) is 105 cm³/mol. The Labute approximate surface area is 163 Å². The molecule has 0 bridgehead atoms. The molecule has 142 valence electrons. The Morgan fingerprint density at radius 2 is 1.78 bits per heavy atom. The van der Waals surface area contributed by atoms with Gasteiger partial charge in [0.1, 0.15) is 11.5 Å². The number of rotatable bonds is 6. The largest absolute Gasteiger partial charge is 0.456 e. The molecule has 0 atom stereocenters. The van der Waals surface area contributed by atoms with Crippen LogP contribution in [-0.4, -0.2) is 36.3 Å². The van der Waals surface area contributed by atoms with Crippen molar-refractivity contribution >= 4 is 29.1 Å². The highest BCUT2D eigenvalue weighted by atomic mass is 35.5. The van der Waals surface area contributed by atoms with E-state index in [0.29, 0.717) is 54.7 Å². The van der Waals surface area contributed by atoms with Crippen LogP contribution in [-0.2, 0) is 9.59 Å². The Hall–Kier alpha value is -2.57. The van der Waals surface area contributed by atoms with Crippen LogP contribution in [0.1, 0.15) is 12.8 Å². The van der Waals surface area contributed by atoms with Gasteiger partial charge < -0.3 is 15.8 Å². The molecule has 0 unspecified atom stereocenters. The van der Waals surface area contributed by atoms with Crippen molar-refractivity contribution in [1.82, 2.24) is 4.90 Å². The summed E-state index contributed by atoms with van der Waals surface area (Å²) >= 11 is 6.08. The van der Waals surface area contributed by atoms with E-state index in [4.69, 9.17) is 22.1 Å². The van der Waals surface area contributed by atoms with Crippen LogP contribution < -0.4 is 15.8 Å². The molecule has 0 aliphatic carbocycles. The van der Waals surface area contributed by atoms with Crippen LogP contribution in [0.4, 0.5) is 5.69 Å². The second-order valence-corrected chi connectivity index (χ2v) is 6.97. The minimum absolute atomic E-state index is 0.0741. The quantitative estimate of drug-likeness (QED) is 0.796. The number of nitrogens with two attached hydrogens (primary N) is 1. The lowest BCUT2D eigenvalue weighted by molar-refractivity contribution is -0.123. The average molecular weight is 388 g/mol. The number of amides is 2. The molecule has 1 heterocycles. The van der Waals surface area contributed by atoms with Crippen molar-refractivity contribution in [2.75, 3.05) is 25.0 Å². The summed E-state index contributed by atoms with van der Waals surface area (Å²) in [7, 11) is 0. The molecule has 3 N–H and O–H groups in total. The summed E-state index contributed by atoms with van der Waals surface area (Å²) in [6.07, 6.45) is 1.41. The standard InChI is InChI=1S/C20H22ClN3O3/c21-17-3-1-2-4-18(17)27-16-7-5-15(6-8-16)23-19(25)13-24-11-9-14(10-12-24)20(22)26/h1-8,14H,9-13H2,(H2,22,26)(H,23,25). The number of nitrogens with one attached hydrogen (secondary N) is 1. The molecular formula is C20H22ClN3O3. The molecule has 0 spiro atoms. The van der Waals surface area contributed by atoms with E-state index in [-0.39, 0.29) is 17.7 Å². The smallest absolute Gasteiger partial charge is 0.238 e. The number of carbonyl (C=O) groups is 2. The first-order valence-corrected chi connectivity index (χ1v) is 9.23. The van der Waals surface area contributed by atoms with Crippen molar-refractivity contribution in [3.05, 3.63) is 53.6 Å². The zero-order valence-electron chi connectivity index (χ0n) is 14.9. The summed E-state index contributed by atoms with van der Waals surface area (Å²) in [6.45, 7) is 1.70. The zero-order valence-corrected chi connectivity index (χ0v) is 15.6. The number of primary amides is 1. The fraction of sp³-hybridized carbons (Fsp3) is 0.300. The first-order valence-electron chi connectivity index (χ1n) is 8.85. The van der Waals surface area contributed by atoms with Crippen molar-refractivity contribution < 1.29 is 14.3 Å². The Balaban J connectivity index is 1.49. The molecule has 6 nitrogen and oxygen atoms in total. The van der Waals surface area contributed by atoms with Crippen molar-refractivity contribution in [3.63, 3.8) is 0 Å². The van der Waals surface area contributed by atoms with Gasteiger partial charge in [-0.3, -0.25) is 14.5 Å². The third kappa shape index (κ3) is 5.45. The molecule has 2 aromatic rings. The summed E-state index contributed by atoms with van der Waals surface area (Å²) < 4.78 is 5.73. The molecular weight excluding hydrogens is 366 g/mol. The number of benzene rings is 2. The molecule has 27 heavy (non-hydrogen) atoms. The molecule has 0 radical (unpaired) electrons. The Morgan fingerprint density at radius 1 is 1.11 bits per heavy atom. The number of halogens is 1. The Bertz CT molecular complexity index is 802. The third-order valence-corrected chi connectivity index (χ3v) is 4.87. The first kappa shape index (κ1) is 19.2. The second kappa shape index (κ2) is 8.88. The minimum atomic E-state index is -0.252. The molecule has 7 heteroatoms. The van der Waals surface area contributed by atoms with E-state index in [0.717, 1.165) is 0 Å². The van der Waals surface area contributed by atoms with Crippen LogP contribution in [0.5, 0.6) is 11.5 Å². The maximum Gasteiger partial charge on any atom is 0.238 e. The average Bonchev–Trinajstić information content (AvgIpc) is 2.65. The molecule has 1 aliphatic heterocycles.